The summed E-state index contributed by atoms with van der Waals surface area (Å²) < 4.78 is 35.8. The molecule has 0 aliphatic heterocycles. The van der Waals surface area contributed by atoms with Gasteiger partial charge in [-0.1, -0.05) is 48.5 Å². The molecule has 2 aromatic carbocycles. The van der Waals surface area contributed by atoms with Gasteiger partial charge in [0.2, 0.25) is 0 Å². The van der Waals surface area contributed by atoms with Crippen LogP contribution in [-0.4, -0.2) is 21.3 Å². The molecule has 0 saturated carbocycles. The minimum absolute atomic E-state index is 0.0949. The summed E-state index contributed by atoms with van der Waals surface area (Å²) >= 11 is 0. The summed E-state index contributed by atoms with van der Waals surface area (Å²) in [5.74, 6) is -0.398. The van der Waals surface area contributed by atoms with E-state index in [-0.39, 0.29) is 6.61 Å². The molecule has 3 nitrogen and oxygen atoms in total. The molecule has 0 radical (unpaired) electrons. The molecule has 0 aliphatic carbocycles. The van der Waals surface area contributed by atoms with Gasteiger partial charge in [-0.2, -0.15) is 4.40 Å². The lowest BCUT2D eigenvalue weighted by Gasteiger charge is -2.16. The van der Waals surface area contributed by atoms with E-state index in [1.54, 1.807) is 18.2 Å². The number of halogens is 1. The van der Waals surface area contributed by atoms with E-state index in [2.05, 4.69) is 4.40 Å². The second-order valence-electron chi connectivity index (χ2n) is 6.36. The first-order chi connectivity index (χ1) is 11.4. The van der Waals surface area contributed by atoms with Gasteiger partial charge in [0.1, 0.15) is 16.8 Å². The van der Waals surface area contributed by atoms with Crippen LogP contribution in [0.25, 0.3) is 0 Å². The smallest absolute Gasteiger partial charge is 0.145 e. The Morgan fingerprint density at radius 1 is 1.08 bits per heavy atom. The van der Waals surface area contributed by atoms with Crippen LogP contribution in [0.2, 0.25) is 0 Å². The third kappa shape index (κ3) is 5.35. The molecule has 0 spiro atoms. The molecule has 0 heterocycles. The molecule has 0 saturated heterocycles. The van der Waals surface area contributed by atoms with Crippen LogP contribution in [0, 0.1) is 5.82 Å². The minimum Gasteiger partial charge on any atom is -0.370 e. The molecular formula is C19H22FNO2S. The lowest BCUT2D eigenvalue weighted by Crippen LogP contribution is -2.23. The van der Waals surface area contributed by atoms with Gasteiger partial charge in [0, 0.05) is 5.56 Å². The normalized spacial score (nSPS) is 13.8. The Kier molecular flexibility index (Phi) is 6.40. The van der Waals surface area contributed by atoms with Crippen molar-refractivity contribution in [2.75, 3.05) is 6.61 Å². The second kappa shape index (κ2) is 8.31. The Hall–Kier alpha value is -1.85. The zero-order chi connectivity index (χ0) is 17.6. The third-order valence-corrected chi connectivity index (χ3v) is 4.69. The van der Waals surface area contributed by atoms with Gasteiger partial charge in [-0.3, -0.25) is 0 Å². The zero-order valence-electron chi connectivity index (χ0n) is 14.2. The molecule has 5 heteroatoms. The van der Waals surface area contributed by atoms with Gasteiger partial charge >= 0.3 is 0 Å². The quantitative estimate of drug-likeness (QED) is 0.731. The predicted molar refractivity (Wildman–Crippen MR) is 96.9 cm³/mol. The Morgan fingerprint density at radius 3 is 2.33 bits per heavy atom. The van der Waals surface area contributed by atoms with Gasteiger partial charge in [-0.15, -0.1) is 0 Å². The fourth-order valence-electron chi connectivity index (χ4n) is 1.93. The molecule has 0 aromatic heterocycles. The van der Waals surface area contributed by atoms with E-state index in [1.807, 2.05) is 51.1 Å². The molecule has 0 amide bonds. The van der Waals surface area contributed by atoms with Crippen LogP contribution in [0.1, 0.15) is 31.9 Å². The number of rotatable bonds is 6. The van der Waals surface area contributed by atoms with E-state index in [0.717, 1.165) is 5.56 Å². The van der Waals surface area contributed by atoms with Crippen molar-refractivity contribution in [2.24, 2.45) is 4.40 Å². The highest BCUT2D eigenvalue weighted by atomic mass is 32.2. The van der Waals surface area contributed by atoms with Crippen molar-refractivity contribution in [3.05, 3.63) is 71.5 Å². The van der Waals surface area contributed by atoms with E-state index >= 15 is 0 Å². The van der Waals surface area contributed by atoms with E-state index in [0.29, 0.717) is 17.9 Å². The highest BCUT2D eigenvalue weighted by Gasteiger charge is 2.21. The highest BCUT2D eigenvalue weighted by Crippen LogP contribution is 2.16. The minimum atomic E-state index is -1.48. The van der Waals surface area contributed by atoms with Crippen LogP contribution in [-0.2, 0) is 22.3 Å². The molecule has 1 atom stereocenters. The van der Waals surface area contributed by atoms with Gasteiger partial charge in [0.05, 0.1) is 23.7 Å². The Bertz CT molecular complexity index is 724. The fourth-order valence-corrected chi connectivity index (χ4v) is 2.55. The van der Waals surface area contributed by atoms with Crippen molar-refractivity contribution in [1.82, 2.24) is 0 Å². The van der Waals surface area contributed by atoms with Crippen molar-refractivity contribution in [3.63, 3.8) is 0 Å². The molecule has 24 heavy (non-hydrogen) atoms. The molecule has 0 aliphatic rings. The lowest BCUT2D eigenvalue weighted by atomic mass is 10.1. The molecule has 2 rings (SSSR count). The van der Waals surface area contributed by atoms with Crippen molar-refractivity contribution >= 4 is 16.7 Å². The van der Waals surface area contributed by atoms with E-state index in [1.165, 1.54) is 6.07 Å². The molecule has 128 valence electrons. The Labute approximate surface area is 145 Å². The van der Waals surface area contributed by atoms with Gasteiger partial charge in [-0.25, -0.2) is 8.60 Å². The summed E-state index contributed by atoms with van der Waals surface area (Å²) in [7, 11) is -1.48. The molecule has 0 unspecified atom stereocenters. The van der Waals surface area contributed by atoms with Crippen LogP contribution in [0.4, 0.5) is 4.39 Å². The first-order valence-electron chi connectivity index (χ1n) is 7.74. The fraction of sp³-hybridized carbons (Fsp3) is 0.316. The second-order valence-corrected chi connectivity index (χ2v) is 8.26. The molecule has 0 bridgehead atoms. The standard InChI is InChI=1S/C19H22FNO2S/c1-19(2,3)24(22)21-18(16-11-7-8-12-17(16)20)14-23-13-15-9-5-4-6-10-15/h4-12H,13-14H2,1-3H3/t24-/m0/s1. The summed E-state index contributed by atoms with van der Waals surface area (Å²) in [6.07, 6.45) is 0. The monoisotopic (exact) mass is 347 g/mol. The number of hydrogen-bond donors (Lipinski definition) is 0. The Morgan fingerprint density at radius 2 is 1.71 bits per heavy atom. The predicted octanol–water partition coefficient (Wildman–Crippen LogP) is 4.29. The van der Waals surface area contributed by atoms with Gasteiger partial charge in [0.15, 0.2) is 0 Å². The van der Waals surface area contributed by atoms with E-state index < -0.39 is 21.5 Å². The highest BCUT2D eigenvalue weighted by molar-refractivity contribution is 7.85. The van der Waals surface area contributed by atoms with Crippen LogP contribution < -0.4 is 0 Å². The summed E-state index contributed by atoms with van der Waals surface area (Å²) in [5.41, 5.74) is 1.70. The maximum Gasteiger partial charge on any atom is 0.145 e. The van der Waals surface area contributed by atoms with Gasteiger partial charge < -0.3 is 4.74 Å². The summed E-state index contributed by atoms with van der Waals surface area (Å²) in [6.45, 7) is 5.97. The van der Waals surface area contributed by atoms with Gasteiger partial charge in [-0.05, 0) is 32.4 Å². The molecule has 2 aromatic rings. The molecule has 0 fully saturated rings. The summed E-state index contributed by atoms with van der Waals surface area (Å²) in [5, 5.41) is 0. The average molecular weight is 347 g/mol. The SMILES string of the molecule is CC(C)(C)[S@](=O)N=C(COCc1ccccc1)c1ccccc1F. The van der Waals surface area contributed by atoms with E-state index in [9.17, 15) is 8.60 Å². The maximum absolute atomic E-state index is 14.1. The van der Waals surface area contributed by atoms with Crippen molar-refractivity contribution in [3.8, 4) is 0 Å². The lowest BCUT2D eigenvalue weighted by molar-refractivity contribution is 0.158. The van der Waals surface area contributed by atoms with Crippen LogP contribution in [0.5, 0.6) is 0 Å². The van der Waals surface area contributed by atoms with Crippen molar-refractivity contribution in [2.45, 2.75) is 32.1 Å². The number of benzene rings is 2. The first kappa shape index (κ1) is 18.5. The number of nitrogens with zero attached hydrogens (tertiary/aromatic N) is 1. The maximum atomic E-state index is 14.1. The summed E-state index contributed by atoms with van der Waals surface area (Å²) in [4.78, 5) is 0. The topological polar surface area (TPSA) is 38.7 Å². The van der Waals surface area contributed by atoms with Crippen molar-refractivity contribution in [1.29, 1.82) is 0 Å². The van der Waals surface area contributed by atoms with Gasteiger partial charge in [0.25, 0.3) is 0 Å². The summed E-state index contributed by atoms with van der Waals surface area (Å²) in [6, 6.07) is 16.0. The van der Waals surface area contributed by atoms with Crippen LogP contribution in [0.3, 0.4) is 0 Å². The third-order valence-electron chi connectivity index (χ3n) is 3.25. The Balaban J connectivity index is 2.19. The van der Waals surface area contributed by atoms with E-state index in [4.69, 9.17) is 4.74 Å². The number of hydrogen-bond acceptors (Lipinski definition) is 2. The molecule has 0 N–H and O–H groups in total. The van der Waals surface area contributed by atoms with Crippen LogP contribution >= 0.6 is 0 Å². The molecular weight excluding hydrogens is 325 g/mol. The van der Waals surface area contributed by atoms with Crippen LogP contribution in [0.15, 0.2) is 59.0 Å². The average Bonchev–Trinajstić information content (AvgIpc) is 2.54. The van der Waals surface area contributed by atoms with Crippen molar-refractivity contribution < 1.29 is 13.3 Å². The largest absolute Gasteiger partial charge is 0.370 e. The first-order valence-corrected chi connectivity index (χ1v) is 8.85. The number of ether oxygens (including phenoxy) is 1. The zero-order valence-corrected chi connectivity index (χ0v) is 15.0.